The molecule has 6 nitrogen and oxygen atoms in total. The van der Waals surface area contributed by atoms with Gasteiger partial charge in [-0.2, -0.15) is 0 Å². The van der Waals surface area contributed by atoms with Crippen molar-refractivity contribution in [3.05, 3.63) is 54.1 Å². The molecular weight excluding hydrogens is 332 g/mol. The molecule has 1 heterocycles. The van der Waals surface area contributed by atoms with E-state index >= 15 is 0 Å². The second kappa shape index (κ2) is 7.91. The van der Waals surface area contributed by atoms with E-state index in [1.807, 2.05) is 30.3 Å². The van der Waals surface area contributed by atoms with Crippen molar-refractivity contribution in [1.29, 1.82) is 0 Å². The highest BCUT2D eigenvalue weighted by Crippen LogP contribution is 2.30. The summed E-state index contributed by atoms with van der Waals surface area (Å²) in [5.74, 6) is 0.934. The lowest BCUT2D eigenvalue weighted by Crippen LogP contribution is -2.41. The lowest BCUT2D eigenvalue weighted by atomic mass is 10.1. The van der Waals surface area contributed by atoms with Crippen molar-refractivity contribution in [2.24, 2.45) is 0 Å². The van der Waals surface area contributed by atoms with Crippen molar-refractivity contribution in [2.75, 3.05) is 19.5 Å². The summed E-state index contributed by atoms with van der Waals surface area (Å²) < 4.78 is 10.5. The van der Waals surface area contributed by atoms with Gasteiger partial charge in [-0.25, -0.2) is 0 Å². The first kappa shape index (κ1) is 17.8. The van der Waals surface area contributed by atoms with Gasteiger partial charge in [0.2, 0.25) is 11.8 Å². The minimum atomic E-state index is -0.491. The average Bonchev–Trinajstić information content (AvgIpc) is 3.03. The first-order chi connectivity index (χ1) is 12.6. The Morgan fingerprint density at radius 3 is 2.62 bits per heavy atom. The van der Waals surface area contributed by atoms with Gasteiger partial charge in [-0.05, 0) is 24.1 Å². The maximum absolute atomic E-state index is 12.8. The number of hydrogen-bond donors (Lipinski definition) is 1. The van der Waals surface area contributed by atoms with E-state index in [9.17, 15) is 9.59 Å². The molecule has 1 fully saturated rings. The highest BCUT2D eigenvalue weighted by molar-refractivity contribution is 6.00. The number of carbonyl (C=O) groups is 2. The summed E-state index contributed by atoms with van der Waals surface area (Å²) in [7, 11) is 3.10. The van der Waals surface area contributed by atoms with Crippen LogP contribution in [0, 0.1) is 0 Å². The van der Waals surface area contributed by atoms with Crippen molar-refractivity contribution in [2.45, 2.75) is 25.4 Å². The van der Waals surface area contributed by atoms with Gasteiger partial charge in [0.1, 0.15) is 17.5 Å². The summed E-state index contributed by atoms with van der Waals surface area (Å²) in [6.07, 6.45) is 0.890. The second-order valence-corrected chi connectivity index (χ2v) is 6.12. The first-order valence-corrected chi connectivity index (χ1v) is 8.48. The highest BCUT2D eigenvalue weighted by Gasteiger charge is 2.36. The Morgan fingerprint density at radius 1 is 1.15 bits per heavy atom. The molecule has 3 rings (SSSR count). The molecule has 0 bridgehead atoms. The Balaban J connectivity index is 1.75. The number of rotatable bonds is 6. The first-order valence-electron chi connectivity index (χ1n) is 8.48. The van der Waals surface area contributed by atoms with E-state index in [0.29, 0.717) is 36.6 Å². The Kier molecular flexibility index (Phi) is 5.41. The summed E-state index contributed by atoms with van der Waals surface area (Å²) in [4.78, 5) is 26.7. The zero-order valence-corrected chi connectivity index (χ0v) is 14.9. The van der Waals surface area contributed by atoms with Gasteiger partial charge in [0.15, 0.2) is 0 Å². The number of benzene rings is 2. The molecule has 0 aromatic heterocycles. The van der Waals surface area contributed by atoms with Crippen LogP contribution in [-0.2, 0) is 16.1 Å². The van der Waals surface area contributed by atoms with Crippen molar-refractivity contribution < 1.29 is 19.1 Å². The van der Waals surface area contributed by atoms with Crippen molar-refractivity contribution >= 4 is 17.5 Å². The van der Waals surface area contributed by atoms with Crippen LogP contribution in [0.3, 0.4) is 0 Å². The smallest absolute Gasteiger partial charge is 0.247 e. The predicted molar refractivity (Wildman–Crippen MR) is 98.2 cm³/mol. The largest absolute Gasteiger partial charge is 0.497 e. The van der Waals surface area contributed by atoms with Gasteiger partial charge in [-0.1, -0.05) is 30.3 Å². The van der Waals surface area contributed by atoms with E-state index in [1.54, 1.807) is 30.2 Å². The number of carbonyl (C=O) groups excluding carboxylic acids is 2. The maximum Gasteiger partial charge on any atom is 0.247 e. The number of anilines is 1. The number of nitrogens with zero attached hydrogens (tertiary/aromatic N) is 1. The monoisotopic (exact) mass is 354 g/mol. The third-order valence-corrected chi connectivity index (χ3v) is 4.49. The van der Waals surface area contributed by atoms with Crippen LogP contribution >= 0.6 is 0 Å². The summed E-state index contributed by atoms with van der Waals surface area (Å²) in [6.45, 7) is 0.428. The lowest BCUT2D eigenvalue weighted by Gasteiger charge is -2.24. The van der Waals surface area contributed by atoms with Crippen LogP contribution in [0.25, 0.3) is 0 Å². The molecule has 1 saturated heterocycles. The predicted octanol–water partition coefficient (Wildman–Crippen LogP) is 2.83. The molecule has 1 atom stereocenters. The Labute approximate surface area is 152 Å². The Morgan fingerprint density at radius 2 is 1.92 bits per heavy atom. The van der Waals surface area contributed by atoms with Crippen LogP contribution in [0.15, 0.2) is 48.5 Å². The third-order valence-electron chi connectivity index (χ3n) is 4.49. The van der Waals surface area contributed by atoms with Gasteiger partial charge in [0, 0.05) is 19.0 Å². The third kappa shape index (κ3) is 3.79. The molecule has 0 spiro atoms. The van der Waals surface area contributed by atoms with Gasteiger partial charge in [-0.3, -0.25) is 9.59 Å². The minimum absolute atomic E-state index is 0.00398. The molecule has 1 unspecified atom stereocenters. The number of ether oxygens (including phenoxy) is 2. The van der Waals surface area contributed by atoms with Crippen LogP contribution in [-0.4, -0.2) is 37.0 Å². The van der Waals surface area contributed by atoms with E-state index in [1.165, 1.54) is 7.11 Å². The molecule has 1 N–H and O–H groups in total. The molecule has 0 aliphatic carbocycles. The van der Waals surface area contributed by atoms with E-state index < -0.39 is 6.04 Å². The Hall–Kier alpha value is -3.02. The van der Waals surface area contributed by atoms with Crippen molar-refractivity contribution in [1.82, 2.24) is 4.90 Å². The number of likely N-dealkylation sites (tertiary alicyclic amines) is 1. The number of methoxy groups -OCH3 is 2. The molecule has 2 aromatic carbocycles. The van der Waals surface area contributed by atoms with Crippen LogP contribution in [0.4, 0.5) is 5.69 Å². The normalized spacial score (nSPS) is 16.5. The maximum atomic E-state index is 12.8. The molecule has 26 heavy (non-hydrogen) atoms. The Bertz CT molecular complexity index is 792. The molecule has 1 aliphatic rings. The number of amides is 2. The standard InChI is InChI=1S/C20H22N2O4/c1-25-15-8-9-16(18(12-15)26-2)21-20(24)17-10-11-19(23)22(17)13-14-6-4-3-5-7-14/h3-9,12,17H,10-11,13H2,1-2H3,(H,21,24). The summed E-state index contributed by atoms with van der Waals surface area (Å²) >= 11 is 0. The molecule has 136 valence electrons. The van der Waals surface area contributed by atoms with E-state index in [-0.39, 0.29) is 11.8 Å². The summed E-state index contributed by atoms with van der Waals surface area (Å²) in [5.41, 5.74) is 1.56. The average molecular weight is 354 g/mol. The fourth-order valence-corrected chi connectivity index (χ4v) is 3.10. The fourth-order valence-electron chi connectivity index (χ4n) is 3.10. The van der Waals surface area contributed by atoms with Gasteiger partial charge < -0.3 is 19.7 Å². The van der Waals surface area contributed by atoms with Gasteiger partial charge >= 0.3 is 0 Å². The van der Waals surface area contributed by atoms with Gasteiger partial charge in [-0.15, -0.1) is 0 Å². The van der Waals surface area contributed by atoms with E-state index in [0.717, 1.165) is 5.56 Å². The molecular formula is C20H22N2O4. The molecule has 6 heteroatoms. The number of hydrogen-bond acceptors (Lipinski definition) is 4. The number of nitrogens with one attached hydrogen (secondary N) is 1. The minimum Gasteiger partial charge on any atom is -0.497 e. The second-order valence-electron chi connectivity index (χ2n) is 6.12. The van der Waals surface area contributed by atoms with Crippen LogP contribution in [0.5, 0.6) is 11.5 Å². The molecule has 2 aromatic rings. The zero-order valence-electron chi connectivity index (χ0n) is 14.9. The molecule has 1 aliphatic heterocycles. The summed E-state index contributed by atoms with van der Waals surface area (Å²) in [5, 5.41) is 2.88. The van der Waals surface area contributed by atoms with E-state index in [4.69, 9.17) is 9.47 Å². The lowest BCUT2D eigenvalue weighted by molar-refractivity contribution is -0.133. The topological polar surface area (TPSA) is 67.9 Å². The zero-order chi connectivity index (χ0) is 18.5. The quantitative estimate of drug-likeness (QED) is 0.866. The van der Waals surface area contributed by atoms with Crippen LogP contribution in [0.1, 0.15) is 18.4 Å². The van der Waals surface area contributed by atoms with E-state index in [2.05, 4.69) is 5.32 Å². The molecule has 0 radical (unpaired) electrons. The highest BCUT2D eigenvalue weighted by atomic mass is 16.5. The summed E-state index contributed by atoms with van der Waals surface area (Å²) in [6, 6.07) is 14.4. The van der Waals surface area contributed by atoms with Gasteiger partial charge in [0.25, 0.3) is 0 Å². The van der Waals surface area contributed by atoms with Gasteiger partial charge in [0.05, 0.1) is 19.9 Å². The van der Waals surface area contributed by atoms with Crippen molar-refractivity contribution in [3.63, 3.8) is 0 Å². The fraction of sp³-hybridized carbons (Fsp3) is 0.300. The molecule has 0 saturated carbocycles. The van der Waals surface area contributed by atoms with Crippen molar-refractivity contribution in [3.8, 4) is 11.5 Å². The van der Waals surface area contributed by atoms with Crippen LogP contribution in [0.2, 0.25) is 0 Å². The SMILES string of the molecule is COc1ccc(NC(=O)C2CCC(=O)N2Cc2ccccc2)c(OC)c1. The van der Waals surface area contributed by atoms with Crippen LogP contribution < -0.4 is 14.8 Å². The molecule has 2 amide bonds.